The van der Waals surface area contributed by atoms with Crippen molar-refractivity contribution in [3.63, 3.8) is 0 Å². The molecule has 1 atom stereocenters. The second-order valence-electron chi connectivity index (χ2n) is 8.50. The van der Waals surface area contributed by atoms with Crippen LogP contribution < -0.4 is 15.3 Å². The molecule has 0 aliphatic rings. The van der Waals surface area contributed by atoms with Gasteiger partial charge < -0.3 is 19.1 Å². The summed E-state index contributed by atoms with van der Waals surface area (Å²) >= 11 is 0. The van der Waals surface area contributed by atoms with E-state index in [0.29, 0.717) is 33.0 Å². The Kier molecular flexibility index (Phi) is 8.49. The lowest BCUT2D eigenvalue weighted by atomic mass is 9.99. The van der Waals surface area contributed by atoms with Crippen molar-refractivity contribution in [1.82, 2.24) is 0 Å². The van der Waals surface area contributed by atoms with Crippen LogP contribution in [0.15, 0.2) is 66.7 Å². The highest BCUT2D eigenvalue weighted by atomic mass is 31.2. The zero-order valence-corrected chi connectivity index (χ0v) is 21.6. The van der Waals surface area contributed by atoms with Crippen LogP contribution in [-0.4, -0.2) is 35.8 Å². The molecule has 7 nitrogen and oxygen atoms in total. The van der Waals surface area contributed by atoms with Crippen molar-refractivity contribution in [3.8, 4) is 5.75 Å². The molecule has 0 saturated carbocycles. The van der Waals surface area contributed by atoms with Crippen molar-refractivity contribution < 1.29 is 33.5 Å². The van der Waals surface area contributed by atoms with Crippen LogP contribution in [0.4, 0.5) is 0 Å². The smallest absolute Gasteiger partial charge is 0.320 e. The molecule has 3 aromatic carbocycles. The van der Waals surface area contributed by atoms with Gasteiger partial charge in [0.15, 0.2) is 5.92 Å². The van der Waals surface area contributed by atoms with Crippen LogP contribution in [-0.2, 0) is 18.9 Å². The highest BCUT2D eigenvalue weighted by Gasteiger charge is 2.38. The normalized spacial score (nSPS) is 12.0. The first-order valence-electron chi connectivity index (χ1n) is 11.5. The van der Waals surface area contributed by atoms with Crippen LogP contribution in [0.25, 0.3) is 0 Å². The van der Waals surface area contributed by atoms with Gasteiger partial charge in [0.2, 0.25) is 12.7 Å². The van der Waals surface area contributed by atoms with E-state index in [1.807, 2.05) is 19.1 Å². The summed E-state index contributed by atoms with van der Waals surface area (Å²) in [5.74, 6) is -2.97. The SMILES string of the molecule is Cc1cc(C)c(C(=O)P(=O)(c2ccccc2)c2ccccc2)c(C)c1OCCOC(=O)C(C)C(=O)O. The average molecular weight is 509 g/mol. The molecule has 0 saturated heterocycles. The van der Waals surface area contributed by atoms with E-state index in [-0.39, 0.29) is 13.2 Å². The first kappa shape index (κ1) is 26.9. The van der Waals surface area contributed by atoms with Gasteiger partial charge >= 0.3 is 11.9 Å². The van der Waals surface area contributed by atoms with Gasteiger partial charge in [-0.1, -0.05) is 66.7 Å². The highest BCUT2D eigenvalue weighted by Crippen LogP contribution is 2.49. The number of rotatable bonds is 10. The monoisotopic (exact) mass is 508 g/mol. The second kappa shape index (κ2) is 11.4. The number of esters is 1. The first-order valence-corrected chi connectivity index (χ1v) is 13.2. The number of aliphatic carboxylic acids is 1. The van der Waals surface area contributed by atoms with Crippen molar-refractivity contribution in [2.45, 2.75) is 27.7 Å². The molecule has 0 bridgehead atoms. The Morgan fingerprint density at radius 2 is 1.39 bits per heavy atom. The summed E-state index contributed by atoms with van der Waals surface area (Å²) in [5, 5.41) is 9.81. The van der Waals surface area contributed by atoms with Crippen molar-refractivity contribution >= 4 is 35.2 Å². The van der Waals surface area contributed by atoms with E-state index in [9.17, 15) is 18.9 Å². The Labute approximate surface area is 210 Å². The maximum absolute atomic E-state index is 14.6. The van der Waals surface area contributed by atoms with Crippen LogP contribution in [0.1, 0.15) is 34.0 Å². The fourth-order valence-electron chi connectivity index (χ4n) is 4.05. The molecule has 0 aliphatic heterocycles. The molecule has 0 fully saturated rings. The third-order valence-electron chi connectivity index (χ3n) is 5.94. The van der Waals surface area contributed by atoms with Crippen molar-refractivity contribution in [2.75, 3.05) is 13.2 Å². The largest absolute Gasteiger partial charge is 0.489 e. The Morgan fingerprint density at radius 1 is 0.861 bits per heavy atom. The van der Waals surface area contributed by atoms with Crippen molar-refractivity contribution in [3.05, 3.63) is 89.0 Å². The van der Waals surface area contributed by atoms with Crippen LogP contribution in [0.3, 0.4) is 0 Å². The standard InChI is InChI=1S/C28H29O7P/c1-18-17-19(2)25(34-15-16-35-27(31)21(4)26(29)30)20(3)24(18)28(32)36(33,22-11-7-5-8-12-22)23-13-9-6-10-14-23/h5-14,17,21H,15-16H2,1-4H3,(H,29,30). The Morgan fingerprint density at radius 3 is 1.89 bits per heavy atom. The second-order valence-corrected chi connectivity index (χ2v) is 11.2. The highest BCUT2D eigenvalue weighted by molar-refractivity contribution is 7.93. The molecule has 0 spiro atoms. The number of aryl methyl sites for hydroxylation is 2. The molecule has 3 rings (SSSR count). The summed E-state index contributed by atoms with van der Waals surface area (Å²) in [7, 11) is -3.71. The molecule has 36 heavy (non-hydrogen) atoms. The zero-order chi connectivity index (χ0) is 26.5. The minimum absolute atomic E-state index is 0.0362. The predicted molar refractivity (Wildman–Crippen MR) is 138 cm³/mol. The molecule has 0 aliphatic carbocycles. The van der Waals surface area contributed by atoms with Crippen LogP contribution in [0.5, 0.6) is 5.75 Å². The Balaban J connectivity index is 1.96. The lowest BCUT2D eigenvalue weighted by molar-refractivity contribution is -0.158. The molecule has 0 heterocycles. The maximum atomic E-state index is 14.6. The van der Waals surface area contributed by atoms with Gasteiger partial charge in [0.1, 0.15) is 19.0 Å². The molecule has 0 aromatic heterocycles. The average Bonchev–Trinajstić information content (AvgIpc) is 2.87. The molecule has 3 aromatic rings. The molecule has 188 valence electrons. The van der Waals surface area contributed by atoms with Gasteiger partial charge in [0, 0.05) is 21.7 Å². The molecular formula is C28H29O7P. The number of ether oxygens (including phenoxy) is 2. The van der Waals surface area contributed by atoms with Crippen LogP contribution in [0.2, 0.25) is 0 Å². The number of benzene rings is 3. The zero-order valence-electron chi connectivity index (χ0n) is 20.7. The quantitative estimate of drug-likeness (QED) is 0.187. The summed E-state index contributed by atoms with van der Waals surface area (Å²) in [6, 6.07) is 19.3. The number of hydrogen-bond acceptors (Lipinski definition) is 6. The van der Waals surface area contributed by atoms with Gasteiger partial charge in [-0.05, 0) is 38.8 Å². The predicted octanol–water partition coefficient (Wildman–Crippen LogP) is 4.41. The molecule has 0 amide bonds. The lowest BCUT2D eigenvalue weighted by Crippen LogP contribution is -2.25. The van der Waals surface area contributed by atoms with E-state index in [1.165, 1.54) is 6.92 Å². The molecule has 1 N–H and O–H groups in total. The number of carbonyl (C=O) groups excluding carboxylic acids is 2. The van der Waals surface area contributed by atoms with E-state index < -0.39 is 30.5 Å². The minimum atomic E-state index is -3.71. The number of carbonyl (C=O) groups is 3. The number of hydrogen-bond donors (Lipinski definition) is 1. The van der Waals surface area contributed by atoms with Crippen molar-refractivity contribution in [2.24, 2.45) is 5.92 Å². The molecule has 1 unspecified atom stereocenters. The topological polar surface area (TPSA) is 107 Å². The first-order chi connectivity index (χ1) is 17.1. The Bertz CT molecular complexity index is 1270. The van der Waals surface area contributed by atoms with E-state index in [2.05, 4.69) is 0 Å². The summed E-state index contributed by atoms with van der Waals surface area (Å²) in [6.45, 7) is 6.42. The van der Waals surface area contributed by atoms with Crippen LogP contribution in [0, 0.1) is 26.7 Å². The van der Waals surface area contributed by atoms with E-state index in [0.717, 1.165) is 5.56 Å². The number of carboxylic acids is 1. The van der Waals surface area contributed by atoms with Gasteiger partial charge in [0.25, 0.3) is 0 Å². The summed E-state index contributed by atoms with van der Waals surface area (Å²) in [6.07, 6.45) is 0. The van der Waals surface area contributed by atoms with E-state index >= 15 is 0 Å². The minimum Gasteiger partial charge on any atom is -0.489 e. The third kappa shape index (κ3) is 5.42. The summed E-state index contributed by atoms with van der Waals surface area (Å²) < 4.78 is 25.4. The molecule has 8 heteroatoms. The van der Waals surface area contributed by atoms with Gasteiger partial charge in [-0.15, -0.1) is 0 Å². The van der Waals surface area contributed by atoms with Gasteiger partial charge in [-0.3, -0.25) is 14.4 Å². The summed E-state index contributed by atoms with van der Waals surface area (Å²) in [4.78, 5) is 36.8. The van der Waals surface area contributed by atoms with Crippen molar-refractivity contribution in [1.29, 1.82) is 0 Å². The van der Waals surface area contributed by atoms with Gasteiger partial charge in [-0.2, -0.15) is 0 Å². The third-order valence-corrected chi connectivity index (χ3v) is 8.78. The Hall–Kier alpha value is -3.70. The fraction of sp³-hybridized carbons (Fsp3) is 0.250. The number of carboxylic acid groups (broad SMARTS) is 1. The van der Waals surface area contributed by atoms with Crippen LogP contribution >= 0.6 is 7.14 Å². The molecule has 0 radical (unpaired) electrons. The maximum Gasteiger partial charge on any atom is 0.320 e. The molecular weight excluding hydrogens is 479 g/mol. The van der Waals surface area contributed by atoms with E-state index in [1.54, 1.807) is 68.4 Å². The van der Waals surface area contributed by atoms with Gasteiger partial charge in [0.05, 0.1) is 0 Å². The fourth-order valence-corrected chi connectivity index (χ4v) is 6.66. The summed E-state index contributed by atoms with van der Waals surface area (Å²) in [5.41, 5.74) is 1.82. The lowest BCUT2D eigenvalue weighted by Gasteiger charge is -2.22. The van der Waals surface area contributed by atoms with Gasteiger partial charge in [-0.25, -0.2) is 0 Å². The van der Waals surface area contributed by atoms with E-state index in [4.69, 9.17) is 14.6 Å².